The second-order valence-electron chi connectivity index (χ2n) is 3.57. The van der Waals surface area contributed by atoms with Gasteiger partial charge in [0.15, 0.2) is 0 Å². The van der Waals surface area contributed by atoms with Gasteiger partial charge in [0.25, 0.3) is 0 Å². The van der Waals surface area contributed by atoms with Gasteiger partial charge in [-0.15, -0.1) is 0 Å². The van der Waals surface area contributed by atoms with Crippen LogP contribution in [-0.4, -0.2) is 30.1 Å². The van der Waals surface area contributed by atoms with Crippen LogP contribution in [0.1, 0.15) is 26.2 Å². The van der Waals surface area contributed by atoms with Crippen molar-refractivity contribution in [3.63, 3.8) is 0 Å². The molecule has 0 saturated heterocycles. The second kappa shape index (κ2) is 4.68. The van der Waals surface area contributed by atoms with Crippen LogP contribution >= 0.6 is 0 Å². The Labute approximate surface area is 86.7 Å². The van der Waals surface area contributed by atoms with Gasteiger partial charge in [0, 0.05) is 25.1 Å². The van der Waals surface area contributed by atoms with E-state index in [0.717, 1.165) is 12.5 Å². The zero-order chi connectivity index (χ0) is 11.5. The molecule has 0 aromatic rings. The fourth-order valence-corrected chi connectivity index (χ4v) is 1.53. The lowest BCUT2D eigenvalue weighted by atomic mass is 10.1. The second-order valence-corrected chi connectivity index (χ2v) is 3.57. The van der Waals surface area contributed by atoms with Crippen LogP contribution in [0.25, 0.3) is 0 Å². The van der Waals surface area contributed by atoms with Gasteiger partial charge in [-0.3, -0.25) is 4.79 Å². The zero-order valence-electron chi connectivity index (χ0n) is 8.60. The van der Waals surface area contributed by atoms with Gasteiger partial charge in [0.1, 0.15) is 0 Å². The van der Waals surface area contributed by atoms with Crippen LogP contribution in [0.3, 0.4) is 0 Å². The molecule has 0 atom stereocenters. The molecule has 0 fully saturated rings. The largest absolute Gasteiger partial charge is 0.412 e. The molecular weight excluding hydrogens is 207 g/mol. The smallest absolute Gasteiger partial charge is 0.339 e. The van der Waals surface area contributed by atoms with Crippen LogP contribution in [0.4, 0.5) is 13.2 Å². The minimum atomic E-state index is -4.24. The van der Waals surface area contributed by atoms with E-state index in [0.29, 0.717) is 6.42 Å². The van der Waals surface area contributed by atoms with Gasteiger partial charge in [0.2, 0.25) is 5.91 Å². The van der Waals surface area contributed by atoms with Crippen molar-refractivity contribution in [1.82, 2.24) is 4.90 Å². The normalized spacial score (nSPS) is 17.6. The number of nitrogens with zero attached hydrogens (tertiary/aromatic N) is 1. The number of halogens is 3. The molecule has 0 bridgehead atoms. The fourth-order valence-electron chi connectivity index (χ4n) is 1.53. The maximum Gasteiger partial charge on any atom is 0.412 e. The fraction of sp³-hybridized carbons (Fsp3) is 0.700. The Hall–Kier alpha value is -1.00. The number of rotatable bonds is 2. The van der Waals surface area contributed by atoms with Gasteiger partial charge in [-0.05, 0) is 12.8 Å². The van der Waals surface area contributed by atoms with Crippen LogP contribution in [0.15, 0.2) is 11.6 Å². The third kappa shape index (κ3) is 3.25. The van der Waals surface area contributed by atoms with Crippen LogP contribution in [0.5, 0.6) is 0 Å². The van der Waals surface area contributed by atoms with E-state index < -0.39 is 11.7 Å². The van der Waals surface area contributed by atoms with Crippen molar-refractivity contribution in [2.75, 3.05) is 13.1 Å². The maximum atomic E-state index is 12.2. The summed E-state index contributed by atoms with van der Waals surface area (Å²) >= 11 is 0. The number of hydrogen-bond donors (Lipinski definition) is 0. The molecular formula is C10H14F3NO. The molecule has 0 aliphatic carbocycles. The number of carbonyl (C=O) groups is 1. The minimum Gasteiger partial charge on any atom is -0.339 e. The van der Waals surface area contributed by atoms with Crippen LogP contribution in [-0.2, 0) is 4.79 Å². The third-order valence-corrected chi connectivity index (χ3v) is 2.39. The van der Waals surface area contributed by atoms with E-state index >= 15 is 0 Å². The summed E-state index contributed by atoms with van der Waals surface area (Å²) in [5.74, 6) is -0.0602. The maximum absolute atomic E-state index is 12.2. The first-order valence-electron chi connectivity index (χ1n) is 4.99. The predicted octanol–water partition coefficient (Wildman–Crippen LogP) is 2.51. The monoisotopic (exact) mass is 221 g/mol. The number of hydrogen-bond acceptors (Lipinski definition) is 1. The molecule has 0 spiro atoms. The van der Waals surface area contributed by atoms with Gasteiger partial charge >= 0.3 is 6.18 Å². The molecule has 1 heterocycles. The first kappa shape index (κ1) is 12.1. The van der Waals surface area contributed by atoms with E-state index in [1.165, 1.54) is 4.90 Å². The summed E-state index contributed by atoms with van der Waals surface area (Å²) in [7, 11) is 0. The predicted molar refractivity (Wildman–Crippen MR) is 50.2 cm³/mol. The molecule has 1 rings (SSSR count). The Kier molecular flexibility index (Phi) is 3.77. The van der Waals surface area contributed by atoms with Crippen molar-refractivity contribution in [1.29, 1.82) is 0 Å². The van der Waals surface area contributed by atoms with Gasteiger partial charge in [0.05, 0.1) is 0 Å². The van der Waals surface area contributed by atoms with Crippen LogP contribution < -0.4 is 0 Å². The van der Waals surface area contributed by atoms with E-state index in [-0.39, 0.29) is 25.4 Å². The summed E-state index contributed by atoms with van der Waals surface area (Å²) in [6, 6.07) is 0. The number of amides is 1. The summed E-state index contributed by atoms with van der Waals surface area (Å²) in [6.07, 6.45) is -2.07. The SMILES string of the molecule is CCCC(=O)N1CC=C(C(F)(F)F)CC1. The standard InChI is InChI=1S/C10H14F3NO/c1-2-3-9(15)14-6-4-8(5-7-14)10(11,12)13/h4H,2-3,5-7H2,1H3. The summed E-state index contributed by atoms with van der Waals surface area (Å²) in [6.45, 7) is 2.15. The van der Waals surface area contributed by atoms with Gasteiger partial charge in [-0.25, -0.2) is 0 Å². The molecule has 0 N–H and O–H groups in total. The highest BCUT2D eigenvalue weighted by Gasteiger charge is 2.35. The minimum absolute atomic E-state index is 0.0602. The molecule has 0 radical (unpaired) electrons. The summed E-state index contributed by atoms with van der Waals surface area (Å²) in [5, 5.41) is 0. The van der Waals surface area contributed by atoms with E-state index in [9.17, 15) is 18.0 Å². The van der Waals surface area contributed by atoms with Crippen molar-refractivity contribution < 1.29 is 18.0 Å². The van der Waals surface area contributed by atoms with Gasteiger partial charge in [-0.2, -0.15) is 13.2 Å². The first-order chi connectivity index (χ1) is 6.95. The molecule has 0 aromatic heterocycles. The quantitative estimate of drug-likeness (QED) is 0.656. The average molecular weight is 221 g/mol. The van der Waals surface area contributed by atoms with E-state index in [2.05, 4.69) is 0 Å². The van der Waals surface area contributed by atoms with Gasteiger partial charge < -0.3 is 4.90 Å². The van der Waals surface area contributed by atoms with Crippen LogP contribution in [0.2, 0.25) is 0 Å². The Balaban J connectivity index is 2.54. The highest BCUT2D eigenvalue weighted by molar-refractivity contribution is 5.76. The van der Waals surface area contributed by atoms with Crippen molar-refractivity contribution in [2.24, 2.45) is 0 Å². The molecule has 1 aliphatic heterocycles. The Morgan fingerprint density at radius 3 is 2.60 bits per heavy atom. The Morgan fingerprint density at radius 1 is 1.53 bits per heavy atom. The lowest BCUT2D eigenvalue weighted by Gasteiger charge is -2.27. The molecule has 2 nitrogen and oxygen atoms in total. The molecule has 0 aromatic carbocycles. The van der Waals surface area contributed by atoms with Gasteiger partial charge in [-0.1, -0.05) is 13.0 Å². The lowest BCUT2D eigenvalue weighted by Crippen LogP contribution is -2.36. The molecule has 86 valence electrons. The van der Waals surface area contributed by atoms with Crippen molar-refractivity contribution in [2.45, 2.75) is 32.4 Å². The van der Waals surface area contributed by atoms with E-state index in [1.807, 2.05) is 6.92 Å². The molecule has 15 heavy (non-hydrogen) atoms. The Morgan fingerprint density at radius 2 is 2.20 bits per heavy atom. The summed E-state index contributed by atoms with van der Waals surface area (Å²) in [4.78, 5) is 12.8. The molecule has 0 unspecified atom stereocenters. The van der Waals surface area contributed by atoms with Crippen molar-refractivity contribution in [3.8, 4) is 0 Å². The van der Waals surface area contributed by atoms with E-state index in [4.69, 9.17) is 0 Å². The van der Waals surface area contributed by atoms with Crippen molar-refractivity contribution in [3.05, 3.63) is 11.6 Å². The lowest BCUT2D eigenvalue weighted by molar-refractivity contribution is -0.132. The van der Waals surface area contributed by atoms with Crippen LogP contribution in [0, 0.1) is 0 Å². The summed E-state index contributed by atoms with van der Waals surface area (Å²) in [5.41, 5.74) is -0.511. The summed E-state index contributed by atoms with van der Waals surface area (Å²) < 4.78 is 36.7. The third-order valence-electron chi connectivity index (χ3n) is 2.39. The molecule has 1 aliphatic rings. The Bertz CT molecular complexity index is 270. The highest BCUT2D eigenvalue weighted by Crippen LogP contribution is 2.30. The number of carbonyl (C=O) groups excluding carboxylic acids is 1. The van der Waals surface area contributed by atoms with Crippen molar-refractivity contribution >= 4 is 5.91 Å². The molecule has 0 saturated carbocycles. The number of alkyl halides is 3. The first-order valence-corrected chi connectivity index (χ1v) is 4.99. The zero-order valence-corrected chi connectivity index (χ0v) is 8.60. The molecule has 1 amide bonds. The van der Waals surface area contributed by atoms with E-state index in [1.54, 1.807) is 0 Å². The average Bonchev–Trinajstić information content (AvgIpc) is 2.17. The molecule has 5 heteroatoms. The topological polar surface area (TPSA) is 20.3 Å². The highest BCUT2D eigenvalue weighted by atomic mass is 19.4.